The summed E-state index contributed by atoms with van der Waals surface area (Å²) in [6.45, 7) is 1.27. The normalized spacial score (nSPS) is 12.2. The Bertz CT molecular complexity index is 358. The van der Waals surface area contributed by atoms with Crippen molar-refractivity contribution in [1.29, 1.82) is 0 Å². The zero-order valence-corrected chi connectivity index (χ0v) is 11.0. The smallest absolute Gasteiger partial charge is 0.160 e. The maximum atomic E-state index is 9.69. The summed E-state index contributed by atoms with van der Waals surface area (Å²) < 4.78 is 10.2. The molecule has 1 aromatic rings. The number of nitrogens with two attached hydrogens (primary N) is 1. The number of rotatable bonds is 8. The highest BCUT2D eigenvalue weighted by molar-refractivity contribution is 5.54. The largest absolute Gasteiger partial charge is 0.504 e. The van der Waals surface area contributed by atoms with Crippen LogP contribution < -0.4 is 15.8 Å². The van der Waals surface area contributed by atoms with E-state index in [1.807, 2.05) is 6.07 Å². The van der Waals surface area contributed by atoms with Crippen LogP contribution in [0.4, 0.5) is 5.69 Å². The molecule has 102 valence electrons. The molecule has 0 aromatic heterocycles. The first-order valence-electron chi connectivity index (χ1n) is 6.03. The van der Waals surface area contributed by atoms with E-state index in [0.717, 1.165) is 18.5 Å². The SMILES string of the molecule is COCC(CCCN)Nc1ccc(OC)c(O)c1. The van der Waals surface area contributed by atoms with Crippen LogP contribution in [0.25, 0.3) is 0 Å². The summed E-state index contributed by atoms with van der Waals surface area (Å²) >= 11 is 0. The predicted molar refractivity (Wildman–Crippen MR) is 72.2 cm³/mol. The lowest BCUT2D eigenvalue weighted by molar-refractivity contribution is 0.182. The number of hydrogen-bond donors (Lipinski definition) is 3. The lowest BCUT2D eigenvalue weighted by atomic mass is 10.1. The Balaban J connectivity index is 2.64. The molecule has 0 aliphatic rings. The molecule has 0 amide bonds. The van der Waals surface area contributed by atoms with Gasteiger partial charge in [-0.3, -0.25) is 0 Å². The molecule has 0 radical (unpaired) electrons. The number of benzene rings is 1. The van der Waals surface area contributed by atoms with E-state index in [0.29, 0.717) is 18.9 Å². The maximum Gasteiger partial charge on any atom is 0.160 e. The molecule has 5 heteroatoms. The second kappa shape index (κ2) is 7.79. The number of phenols is 1. The highest BCUT2D eigenvalue weighted by Gasteiger charge is 2.09. The minimum atomic E-state index is 0.123. The molecule has 0 fully saturated rings. The summed E-state index contributed by atoms with van der Waals surface area (Å²) in [5, 5.41) is 13.0. The fraction of sp³-hybridized carbons (Fsp3) is 0.538. The monoisotopic (exact) mass is 254 g/mol. The second-order valence-corrected chi connectivity index (χ2v) is 4.11. The van der Waals surface area contributed by atoms with Crippen molar-refractivity contribution >= 4 is 5.69 Å². The van der Waals surface area contributed by atoms with E-state index in [9.17, 15) is 5.11 Å². The molecule has 18 heavy (non-hydrogen) atoms. The summed E-state index contributed by atoms with van der Waals surface area (Å²) in [5.74, 6) is 0.586. The van der Waals surface area contributed by atoms with Crippen LogP contribution in [0.5, 0.6) is 11.5 Å². The fourth-order valence-electron chi connectivity index (χ4n) is 1.78. The van der Waals surface area contributed by atoms with Gasteiger partial charge in [0.1, 0.15) is 0 Å². The topological polar surface area (TPSA) is 76.7 Å². The molecular formula is C13H22N2O3. The number of nitrogens with one attached hydrogen (secondary N) is 1. The van der Waals surface area contributed by atoms with Crippen molar-refractivity contribution in [3.63, 3.8) is 0 Å². The molecule has 0 aliphatic carbocycles. The van der Waals surface area contributed by atoms with Gasteiger partial charge in [-0.05, 0) is 31.5 Å². The fourth-order valence-corrected chi connectivity index (χ4v) is 1.78. The van der Waals surface area contributed by atoms with Crippen LogP contribution in [0.3, 0.4) is 0 Å². The summed E-state index contributed by atoms with van der Waals surface area (Å²) in [5.41, 5.74) is 6.34. The molecule has 0 bridgehead atoms. The third-order valence-corrected chi connectivity index (χ3v) is 2.67. The average molecular weight is 254 g/mol. The van der Waals surface area contributed by atoms with Gasteiger partial charge in [0.2, 0.25) is 0 Å². The number of anilines is 1. The van der Waals surface area contributed by atoms with Gasteiger partial charge in [0, 0.05) is 24.9 Å². The van der Waals surface area contributed by atoms with Crippen LogP contribution in [0.1, 0.15) is 12.8 Å². The zero-order valence-electron chi connectivity index (χ0n) is 11.0. The van der Waals surface area contributed by atoms with Crippen molar-refractivity contribution in [1.82, 2.24) is 0 Å². The van der Waals surface area contributed by atoms with Crippen molar-refractivity contribution in [2.45, 2.75) is 18.9 Å². The first-order chi connectivity index (χ1) is 8.71. The summed E-state index contributed by atoms with van der Waals surface area (Å²) in [6, 6.07) is 5.42. The third-order valence-electron chi connectivity index (χ3n) is 2.67. The van der Waals surface area contributed by atoms with E-state index in [-0.39, 0.29) is 11.8 Å². The highest BCUT2D eigenvalue weighted by atomic mass is 16.5. The number of aromatic hydroxyl groups is 1. The standard InChI is InChI=1S/C13H22N2O3/c1-17-9-11(4-3-7-14)15-10-5-6-13(18-2)12(16)8-10/h5-6,8,11,15-16H,3-4,7,9,14H2,1-2H3. The summed E-state index contributed by atoms with van der Waals surface area (Å²) in [4.78, 5) is 0. The van der Waals surface area contributed by atoms with Gasteiger partial charge in [-0.2, -0.15) is 0 Å². The van der Waals surface area contributed by atoms with E-state index in [4.69, 9.17) is 15.2 Å². The Morgan fingerprint density at radius 3 is 2.72 bits per heavy atom. The third kappa shape index (κ3) is 4.43. The number of hydrogen-bond acceptors (Lipinski definition) is 5. The van der Waals surface area contributed by atoms with Gasteiger partial charge in [0.05, 0.1) is 13.7 Å². The van der Waals surface area contributed by atoms with Gasteiger partial charge in [0.25, 0.3) is 0 Å². The minimum absolute atomic E-state index is 0.123. The van der Waals surface area contributed by atoms with Gasteiger partial charge in [-0.1, -0.05) is 0 Å². The van der Waals surface area contributed by atoms with E-state index in [2.05, 4.69) is 5.32 Å². The first-order valence-corrected chi connectivity index (χ1v) is 6.03. The second-order valence-electron chi connectivity index (χ2n) is 4.11. The zero-order chi connectivity index (χ0) is 13.4. The molecule has 1 atom stereocenters. The highest BCUT2D eigenvalue weighted by Crippen LogP contribution is 2.29. The minimum Gasteiger partial charge on any atom is -0.504 e. The lowest BCUT2D eigenvalue weighted by Crippen LogP contribution is -2.25. The molecule has 1 aromatic carbocycles. The lowest BCUT2D eigenvalue weighted by Gasteiger charge is -2.19. The molecule has 4 N–H and O–H groups in total. The molecule has 0 spiro atoms. The van der Waals surface area contributed by atoms with Crippen LogP contribution in [-0.4, -0.2) is 38.5 Å². The van der Waals surface area contributed by atoms with Crippen molar-refractivity contribution in [2.75, 3.05) is 32.7 Å². The van der Waals surface area contributed by atoms with Gasteiger partial charge in [-0.25, -0.2) is 0 Å². The number of methoxy groups -OCH3 is 2. The van der Waals surface area contributed by atoms with Crippen molar-refractivity contribution in [3.8, 4) is 11.5 Å². The van der Waals surface area contributed by atoms with E-state index >= 15 is 0 Å². The Labute approximate surface area is 108 Å². The Morgan fingerprint density at radius 1 is 1.39 bits per heavy atom. The average Bonchev–Trinajstić information content (AvgIpc) is 2.36. The van der Waals surface area contributed by atoms with Crippen LogP contribution in [0, 0.1) is 0 Å². The van der Waals surface area contributed by atoms with Crippen LogP contribution >= 0.6 is 0 Å². The van der Waals surface area contributed by atoms with Gasteiger partial charge in [-0.15, -0.1) is 0 Å². The van der Waals surface area contributed by atoms with E-state index in [1.54, 1.807) is 19.2 Å². The molecular weight excluding hydrogens is 232 g/mol. The quantitative estimate of drug-likeness (QED) is 0.656. The summed E-state index contributed by atoms with van der Waals surface area (Å²) in [6.07, 6.45) is 1.86. The molecule has 5 nitrogen and oxygen atoms in total. The predicted octanol–water partition coefficient (Wildman–Crippen LogP) is 1.57. The summed E-state index contributed by atoms with van der Waals surface area (Å²) in [7, 11) is 3.19. The molecule has 0 heterocycles. The van der Waals surface area contributed by atoms with E-state index in [1.165, 1.54) is 7.11 Å². The van der Waals surface area contributed by atoms with Gasteiger partial charge in [0.15, 0.2) is 11.5 Å². The van der Waals surface area contributed by atoms with E-state index < -0.39 is 0 Å². The van der Waals surface area contributed by atoms with Crippen molar-refractivity contribution in [2.24, 2.45) is 5.73 Å². The molecule has 0 saturated heterocycles. The Hall–Kier alpha value is -1.46. The Morgan fingerprint density at radius 2 is 2.17 bits per heavy atom. The number of phenolic OH excluding ortho intramolecular Hbond substituents is 1. The van der Waals surface area contributed by atoms with Crippen molar-refractivity contribution in [3.05, 3.63) is 18.2 Å². The van der Waals surface area contributed by atoms with Gasteiger partial charge < -0.3 is 25.6 Å². The molecule has 1 rings (SSSR count). The molecule has 0 aliphatic heterocycles. The number of ether oxygens (including phenoxy) is 2. The maximum absolute atomic E-state index is 9.69. The molecule has 0 saturated carbocycles. The van der Waals surface area contributed by atoms with Crippen LogP contribution in [0.15, 0.2) is 18.2 Å². The van der Waals surface area contributed by atoms with Crippen molar-refractivity contribution < 1.29 is 14.6 Å². The van der Waals surface area contributed by atoms with Crippen LogP contribution in [0.2, 0.25) is 0 Å². The van der Waals surface area contributed by atoms with Crippen LogP contribution in [-0.2, 0) is 4.74 Å². The van der Waals surface area contributed by atoms with Gasteiger partial charge >= 0.3 is 0 Å². The molecule has 1 unspecified atom stereocenters. The first kappa shape index (κ1) is 14.6. The Kier molecular flexibility index (Phi) is 6.32.